The van der Waals surface area contributed by atoms with Gasteiger partial charge in [0.25, 0.3) is 5.91 Å². The summed E-state index contributed by atoms with van der Waals surface area (Å²) in [5.41, 5.74) is 0.0774. The monoisotopic (exact) mass is 303 g/mol. The zero-order valence-electron chi connectivity index (χ0n) is 9.87. The second-order valence-electron chi connectivity index (χ2n) is 3.42. The maximum Gasteiger partial charge on any atom is 0.256 e. The lowest BCUT2D eigenvalue weighted by Crippen LogP contribution is -2.33. The molecule has 0 spiro atoms. The normalized spacial score (nSPS) is 10.1. The van der Waals surface area contributed by atoms with Gasteiger partial charge in [-0.15, -0.1) is 0 Å². The summed E-state index contributed by atoms with van der Waals surface area (Å²) in [6.45, 7) is 2.97. The SMILES string of the molecule is CCN(CCBr)C(=O)c1ccc(OC)cc1F. The van der Waals surface area contributed by atoms with Gasteiger partial charge >= 0.3 is 0 Å². The quantitative estimate of drug-likeness (QED) is 0.783. The number of nitrogens with zero attached hydrogens (tertiary/aromatic N) is 1. The number of carbonyl (C=O) groups is 1. The highest BCUT2D eigenvalue weighted by Gasteiger charge is 2.17. The van der Waals surface area contributed by atoms with Crippen LogP contribution >= 0.6 is 15.9 Å². The van der Waals surface area contributed by atoms with Crippen LogP contribution < -0.4 is 4.74 Å². The van der Waals surface area contributed by atoms with Crippen molar-refractivity contribution in [3.63, 3.8) is 0 Å². The van der Waals surface area contributed by atoms with Crippen molar-refractivity contribution < 1.29 is 13.9 Å². The van der Waals surface area contributed by atoms with Gasteiger partial charge in [-0.1, -0.05) is 15.9 Å². The molecule has 0 saturated heterocycles. The minimum absolute atomic E-state index is 0.0774. The van der Waals surface area contributed by atoms with Crippen LogP contribution in [0.5, 0.6) is 5.75 Å². The molecule has 0 aliphatic carbocycles. The van der Waals surface area contributed by atoms with Crippen LogP contribution in [0.3, 0.4) is 0 Å². The summed E-state index contributed by atoms with van der Waals surface area (Å²) in [6, 6.07) is 4.25. The molecule has 0 N–H and O–H groups in total. The fourth-order valence-electron chi connectivity index (χ4n) is 1.47. The van der Waals surface area contributed by atoms with Crippen LogP contribution in [0.25, 0.3) is 0 Å². The van der Waals surface area contributed by atoms with Crippen molar-refractivity contribution in [3.8, 4) is 5.75 Å². The van der Waals surface area contributed by atoms with Gasteiger partial charge in [-0.25, -0.2) is 4.39 Å². The highest BCUT2D eigenvalue weighted by atomic mass is 79.9. The lowest BCUT2D eigenvalue weighted by molar-refractivity contribution is 0.0770. The molecule has 1 aromatic carbocycles. The van der Waals surface area contributed by atoms with Gasteiger partial charge < -0.3 is 9.64 Å². The average Bonchev–Trinajstić information content (AvgIpc) is 2.35. The van der Waals surface area contributed by atoms with E-state index in [1.807, 2.05) is 6.92 Å². The molecule has 1 aromatic rings. The predicted molar refractivity (Wildman–Crippen MR) is 68.3 cm³/mol. The molecule has 0 aliphatic heterocycles. The fourth-order valence-corrected chi connectivity index (χ4v) is 1.90. The smallest absolute Gasteiger partial charge is 0.256 e. The van der Waals surface area contributed by atoms with Crippen LogP contribution in [0, 0.1) is 5.82 Å². The van der Waals surface area contributed by atoms with Crippen LogP contribution in [0.2, 0.25) is 0 Å². The van der Waals surface area contributed by atoms with Crippen molar-refractivity contribution in [1.82, 2.24) is 4.90 Å². The van der Waals surface area contributed by atoms with E-state index in [0.29, 0.717) is 24.2 Å². The molecule has 3 nitrogen and oxygen atoms in total. The third kappa shape index (κ3) is 3.43. The minimum Gasteiger partial charge on any atom is -0.497 e. The predicted octanol–water partition coefficient (Wildman–Crippen LogP) is 2.69. The second kappa shape index (κ2) is 6.59. The molecule has 0 saturated carbocycles. The topological polar surface area (TPSA) is 29.5 Å². The molecular formula is C12H15BrFNO2. The third-order valence-corrected chi connectivity index (χ3v) is 2.78. The van der Waals surface area contributed by atoms with Crippen molar-refractivity contribution in [3.05, 3.63) is 29.6 Å². The van der Waals surface area contributed by atoms with Gasteiger partial charge in [-0.05, 0) is 19.1 Å². The summed E-state index contributed by atoms with van der Waals surface area (Å²) >= 11 is 3.27. The molecule has 0 heterocycles. The molecule has 5 heteroatoms. The standard InChI is InChI=1S/C12H15BrFNO2/c1-3-15(7-6-13)12(16)10-5-4-9(17-2)8-11(10)14/h4-5,8H,3,6-7H2,1-2H3. The van der Waals surface area contributed by atoms with E-state index in [4.69, 9.17) is 4.74 Å². The molecule has 0 fully saturated rings. The zero-order chi connectivity index (χ0) is 12.8. The first-order valence-electron chi connectivity index (χ1n) is 5.32. The number of carbonyl (C=O) groups excluding carboxylic acids is 1. The van der Waals surface area contributed by atoms with Gasteiger partial charge in [-0.3, -0.25) is 4.79 Å². The molecule has 0 aromatic heterocycles. The van der Waals surface area contributed by atoms with Gasteiger partial charge in [0.05, 0.1) is 12.7 Å². The van der Waals surface area contributed by atoms with Crippen molar-refractivity contribution >= 4 is 21.8 Å². The first-order chi connectivity index (χ1) is 8.13. The molecule has 17 heavy (non-hydrogen) atoms. The van der Waals surface area contributed by atoms with Crippen molar-refractivity contribution in [2.45, 2.75) is 6.92 Å². The Morgan fingerprint density at radius 3 is 2.71 bits per heavy atom. The maximum atomic E-state index is 13.7. The van der Waals surface area contributed by atoms with E-state index in [9.17, 15) is 9.18 Å². The van der Waals surface area contributed by atoms with E-state index in [0.717, 1.165) is 0 Å². The number of halogens is 2. The van der Waals surface area contributed by atoms with Crippen molar-refractivity contribution in [1.29, 1.82) is 0 Å². The second-order valence-corrected chi connectivity index (χ2v) is 4.21. The maximum absolute atomic E-state index is 13.7. The molecule has 1 rings (SSSR count). The van der Waals surface area contributed by atoms with Crippen LogP contribution in [0.15, 0.2) is 18.2 Å². The first-order valence-corrected chi connectivity index (χ1v) is 6.45. The molecule has 0 bridgehead atoms. The van der Waals surface area contributed by atoms with E-state index < -0.39 is 5.82 Å². The highest BCUT2D eigenvalue weighted by Crippen LogP contribution is 2.17. The largest absolute Gasteiger partial charge is 0.497 e. The Labute approximate surface area is 109 Å². The van der Waals surface area contributed by atoms with Gasteiger partial charge in [-0.2, -0.15) is 0 Å². The zero-order valence-corrected chi connectivity index (χ0v) is 11.5. The van der Waals surface area contributed by atoms with E-state index in [-0.39, 0.29) is 11.5 Å². The number of hydrogen-bond acceptors (Lipinski definition) is 2. The highest BCUT2D eigenvalue weighted by molar-refractivity contribution is 9.09. The van der Waals surface area contributed by atoms with Crippen molar-refractivity contribution in [2.24, 2.45) is 0 Å². The molecule has 0 unspecified atom stereocenters. The lowest BCUT2D eigenvalue weighted by atomic mass is 10.1. The molecular weight excluding hydrogens is 289 g/mol. The van der Waals surface area contributed by atoms with Crippen LogP contribution in [-0.4, -0.2) is 36.3 Å². The molecule has 94 valence electrons. The Morgan fingerprint density at radius 1 is 1.53 bits per heavy atom. The number of hydrogen-bond donors (Lipinski definition) is 0. The first kappa shape index (κ1) is 14.0. The van der Waals surface area contributed by atoms with Gasteiger partial charge in [0.15, 0.2) is 0 Å². The summed E-state index contributed by atoms with van der Waals surface area (Å²) < 4.78 is 18.6. The average molecular weight is 304 g/mol. The minimum atomic E-state index is -0.553. The Hall–Kier alpha value is -1.10. The van der Waals surface area contributed by atoms with Crippen LogP contribution in [0.1, 0.15) is 17.3 Å². The number of benzene rings is 1. The van der Waals surface area contributed by atoms with Gasteiger partial charge in [0, 0.05) is 24.5 Å². The summed E-state index contributed by atoms with van der Waals surface area (Å²) in [5.74, 6) is -0.447. The number of amides is 1. The number of methoxy groups -OCH3 is 1. The van der Waals surface area contributed by atoms with Gasteiger partial charge in [0.2, 0.25) is 0 Å². The van der Waals surface area contributed by atoms with E-state index in [1.54, 1.807) is 11.0 Å². The van der Waals surface area contributed by atoms with E-state index >= 15 is 0 Å². The van der Waals surface area contributed by atoms with Crippen molar-refractivity contribution in [2.75, 3.05) is 25.5 Å². The summed E-state index contributed by atoms with van der Waals surface area (Å²) in [6.07, 6.45) is 0. The molecule has 0 atom stereocenters. The molecule has 0 aliphatic rings. The Bertz CT molecular complexity index is 398. The summed E-state index contributed by atoms with van der Waals surface area (Å²) in [5, 5.41) is 0.671. The lowest BCUT2D eigenvalue weighted by Gasteiger charge is -2.20. The van der Waals surface area contributed by atoms with Gasteiger partial charge in [0.1, 0.15) is 11.6 Å². The van der Waals surface area contributed by atoms with Crippen LogP contribution in [-0.2, 0) is 0 Å². The Kier molecular flexibility index (Phi) is 5.41. The number of ether oxygens (including phenoxy) is 1. The van der Waals surface area contributed by atoms with E-state index in [2.05, 4.69) is 15.9 Å². The third-order valence-electron chi connectivity index (χ3n) is 2.43. The van der Waals surface area contributed by atoms with Crippen LogP contribution in [0.4, 0.5) is 4.39 Å². The Balaban J connectivity index is 2.95. The summed E-state index contributed by atoms with van der Waals surface area (Å²) in [7, 11) is 1.46. The number of rotatable bonds is 5. The molecule has 1 amide bonds. The number of alkyl halides is 1. The fraction of sp³-hybridized carbons (Fsp3) is 0.417. The Morgan fingerprint density at radius 2 is 2.24 bits per heavy atom. The molecule has 0 radical (unpaired) electrons. The van der Waals surface area contributed by atoms with E-state index in [1.165, 1.54) is 19.2 Å². The summed E-state index contributed by atoms with van der Waals surface area (Å²) in [4.78, 5) is 13.6.